The highest BCUT2D eigenvalue weighted by Crippen LogP contribution is 2.27. The molecule has 0 aliphatic heterocycles. The van der Waals surface area contributed by atoms with E-state index in [1.807, 2.05) is 19.9 Å². The fourth-order valence-electron chi connectivity index (χ4n) is 1.72. The fraction of sp³-hybridized carbons (Fsp3) is 0.231. The maximum atomic E-state index is 12.1. The van der Waals surface area contributed by atoms with Gasteiger partial charge in [-0.3, -0.25) is 4.79 Å². The Hall–Kier alpha value is -1.66. The van der Waals surface area contributed by atoms with Crippen molar-refractivity contribution in [3.8, 4) is 0 Å². The monoisotopic (exact) mass is 295 g/mol. The van der Waals surface area contributed by atoms with Gasteiger partial charge in [0.25, 0.3) is 5.91 Å². The smallest absolute Gasteiger partial charge is 0.338 e. The molecule has 0 atom stereocenters. The van der Waals surface area contributed by atoms with Crippen LogP contribution in [0.15, 0.2) is 17.5 Å². The number of thiophene rings is 2. The summed E-state index contributed by atoms with van der Waals surface area (Å²) in [6.07, 6.45) is 0.892. The molecule has 2 rings (SSSR count). The van der Waals surface area contributed by atoms with E-state index >= 15 is 0 Å². The minimum absolute atomic E-state index is 0.127. The maximum absolute atomic E-state index is 12.1. The van der Waals surface area contributed by atoms with E-state index in [0.717, 1.165) is 12.0 Å². The summed E-state index contributed by atoms with van der Waals surface area (Å²) in [5.41, 5.74) is 1.23. The summed E-state index contributed by atoms with van der Waals surface area (Å²) in [5, 5.41) is 13.7. The van der Waals surface area contributed by atoms with Crippen LogP contribution >= 0.6 is 22.7 Å². The van der Waals surface area contributed by atoms with Gasteiger partial charge in [-0.2, -0.15) is 0 Å². The average Bonchev–Trinajstić information content (AvgIpc) is 2.95. The second-order valence-electron chi connectivity index (χ2n) is 3.99. The van der Waals surface area contributed by atoms with Gasteiger partial charge in [-0.05, 0) is 36.4 Å². The topological polar surface area (TPSA) is 66.4 Å². The SMILES string of the molecule is CCc1sc(C(=O)Nc2sccc2C(=O)O)cc1C. The minimum Gasteiger partial charge on any atom is -0.478 e. The average molecular weight is 295 g/mol. The Morgan fingerprint density at radius 2 is 2.16 bits per heavy atom. The van der Waals surface area contributed by atoms with Crippen molar-refractivity contribution in [1.82, 2.24) is 0 Å². The van der Waals surface area contributed by atoms with Crippen LogP contribution in [0.2, 0.25) is 0 Å². The molecule has 19 heavy (non-hydrogen) atoms. The number of amides is 1. The van der Waals surface area contributed by atoms with Crippen molar-refractivity contribution in [3.05, 3.63) is 38.4 Å². The van der Waals surface area contributed by atoms with E-state index in [1.54, 1.807) is 5.38 Å². The first-order chi connectivity index (χ1) is 9.02. The van der Waals surface area contributed by atoms with Crippen LogP contribution in [0.1, 0.15) is 37.4 Å². The molecule has 1 amide bonds. The van der Waals surface area contributed by atoms with Crippen LogP contribution in [-0.4, -0.2) is 17.0 Å². The number of rotatable bonds is 4. The van der Waals surface area contributed by atoms with E-state index in [4.69, 9.17) is 5.11 Å². The molecule has 100 valence electrons. The predicted octanol–water partition coefficient (Wildman–Crippen LogP) is 3.63. The molecule has 0 spiro atoms. The number of nitrogens with one attached hydrogen (secondary N) is 1. The van der Waals surface area contributed by atoms with Gasteiger partial charge >= 0.3 is 5.97 Å². The molecule has 6 heteroatoms. The molecular formula is C13H13NO3S2. The van der Waals surface area contributed by atoms with E-state index in [1.165, 1.54) is 33.6 Å². The molecule has 0 saturated carbocycles. The van der Waals surface area contributed by atoms with E-state index in [2.05, 4.69) is 5.32 Å². The van der Waals surface area contributed by atoms with Crippen LogP contribution in [0.4, 0.5) is 5.00 Å². The van der Waals surface area contributed by atoms with E-state index in [-0.39, 0.29) is 11.5 Å². The van der Waals surface area contributed by atoms with Crippen molar-refractivity contribution in [2.24, 2.45) is 0 Å². The maximum Gasteiger partial charge on any atom is 0.338 e. The third-order valence-electron chi connectivity index (χ3n) is 2.69. The summed E-state index contributed by atoms with van der Waals surface area (Å²) in [7, 11) is 0. The molecule has 2 aromatic rings. The Bertz CT molecular complexity index is 628. The highest BCUT2D eigenvalue weighted by molar-refractivity contribution is 7.15. The van der Waals surface area contributed by atoms with Crippen molar-refractivity contribution in [3.63, 3.8) is 0 Å². The van der Waals surface area contributed by atoms with Crippen molar-refractivity contribution in [2.45, 2.75) is 20.3 Å². The van der Waals surface area contributed by atoms with E-state index < -0.39 is 5.97 Å². The number of carbonyl (C=O) groups is 2. The van der Waals surface area contributed by atoms with Crippen molar-refractivity contribution >= 4 is 39.6 Å². The largest absolute Gasteiger partial charge is 0.478 e. The number of hydrogen-bond donors (Lipinski definition) is 2. The summed E-state index contributed by atoms with van der Waals surface area (Å²) < 4.78 is 0. The van der Waals surface area contributed by atoms with E-state index in [0.29, 0.717) is 9.88 Å². The third kappa shape index (κ3) is 2.85. The Labute approximate surface area is 118 Å². The lowest BCUT2D eigenvalue weighted by molar-refractivity contribution is 0.0698. The zero-order valence-electron chi connectivity index (χ0n) is 10.5. The fourth-order valence-corrected chi connectivity index (χ4v) is 3.51. The summed E-state index contributed by atoms with van der Waals surface area (Å²) in [6, 6.07) is 3.33. The van der Waals surface area contributed by atoms with Gasteiger partial charge in [0.2, 0.25) is 0 Å². The Morgan fingerprint density at radius 1 is 1.42 bits per heavy atom. The highest BCUT2D eigenvalue weighted by atomic mass is 32.1. The van der Waals surface area contributed by atoms with Gasteiger partial charge in [0.15, 0.2) is 0 Å². The lowest BCUT2D eigenvalue weighted by Crippen LogP contribution is -2.11. The third-order valence-corrected chi connectivity index (χ3v) is 4.90. The molecule has 2 aromatic heterocycles. The first-order valence-electron chi connectivity index (χ1n) is 5.74. The number of hydrogen-bond acceptors (Lipinski definition) is 4. The lowest BCUT2D eigenvalue weighted by Gasteiger charge is -2.01. The van der Waals surface area contributed by atoms with Crippen molar-refractivity contribution < 1.29 is 14.7 Å². The number of aryl methyl sites for hydroxylation is 2. The Kier molecular flexibility index (Phi) is 4.01. The molecule has 0 bridgehead atoms. The number of carboxylic acids is 1. The van der Waals surface area contributed by atoms with Crippen LogP contribution in [0.25, 0.3) is 0 Å². The van der Waals surface area contributed by atoms with Crippen LogP contribution in [0.5, 0.6) is 0 Å². The standard InChI is InChI=1S/C13H13NO3S2/c1-3-9-7(2)6-10(19-9)11(15)14-12-8(13(16)17)4-5-18-12/h4-6H,3H2,1-2H3,(H,14,15)(H,16,17). The minimum atomic E-state index is -1.03. The molecule has 0 aromatic carbocycles. The second kappa shape index (κ2) is 5.54. The molecule has 0 aliphatic rings. The molecule has 0 radical (unpaired) electrons. The van der Waals surface area contributed by atoms with Gasteiger partial charge < -0.3 is 10.4 Å². The molecule has 0 aliphatic carbocycles. The first-order valence-corrected chi connectivity index (χ1v) is 7.44. The van der Waals surface area contributed by atoms with Gasteiger partial charge in [0.05, 0.1) is 10.4 Å². The summed E-state index contributed by atoms with van der Waals surface area (Å²) in [6.45, 7) is 4.02. The molecule has 4 nitrogen and oxygen atoms in total. The second-order valence-corrected chi connectivity index (χ2v) is 6.05. The van der Waals surface area contributed by atoms with Gasteiger partial charge in [0, 0.05) is 4.88 Å². The summed E-state index contributed by atoms with van der Waals surface area (Å²) in [5.74, 6) is -1.29. The van der Waals surface area contributed by atoms with Gasteiger partial charge in [-0.25, -0.2) is 4.79 Å². The first kappa shape index (κ1) is 13.8. The number of carboxylic acid groups (broad SMARTS) is 1. The lowest BCUT2D eigenvalue weighted by atomic mass is 10.2. The normalized spacial score (nSPS) is 10.4. The highest BCUT2D eigenvalue weighted by Gasteiger charge is 2.16. The zero-order valence-corrected chi connectivity index (χ0v) is 12.2. The van der Waals surface area contributed by atoms with Crippen molar-refractivity contribution in [1.29, 1.82) is 0 Å². The number of anilines is 1. The molecule has 2 heterocycles. The van der Waals surface area contributed by atoms with E-state index in [9.17, 15) is 9.59 Å². The van der Waals surface area contributed by atoms with Gasteiger partial charge in [0.1, 0.15) is 5.00 Å². The van der Waals surface area contributed by atoms with Crippen molar-refractivity contribution in [2.75, 3.05) is 5.32 Å². The van der Waals surface area contributed by atoms with Gasteiger partial charge in [-0.15, -0.1) is 22.7 Å². The Balaban J connectivity index is 2.20. The van der Waals surface area contributed by atoms with Crippen LogP contribution in [-0.2, 0) is 6.42 Å². The predicted molar refractivity (Wildman–Crippen MR) is 77.7 cm³/mol. The molecule has 0 saturated heterocycles. The Morgan fingerprint density at radius 3 is 2.74 bits per heavy atom. The van der Waals surface area contributed by atoms with Gasteiger partial charge in [-0.1, -0.05) is 6.92 Å². The number of carbonyl (C=O) groups excluding carboxylic acids is 1. The summed E-state index contributed by atoms with van der Waals surface area (Å²) in [4.78, 5) is 24.8. The quantitative estimate of drug-likeness (QED) is 0.905. The van der Waals surface area contributed by atoms with Crippen LogP contribution < -0.4 is 5.32 Å². The van der Waals surface area contributed by atoms with Crippen LogP contribution in [0, 0.1) is 6.92 Å². The molecular weight excluding hydrogens is 282 g/mol. The zero-order chi connectivity index (χ0) is 14.0. The van der Waals surface area contributed by atoms with Crippen LogP contribution in [0.3, 0.4) is 0 Å². The number of aromatic carboxylic acids is 1. The molecule has 2 N–H and O–H groups in total. The molecule has 0 unspecified atom stereocenters. The molecule has 0 fully saturated rings. The summed E-state index contributed by atoms with van der Waals surface area (Å²) >= 11 is 2.66.